The summed E-state index contributed by atoms with van der Waals surface area (Å²) in [5.74, 6) is -1.65. The Morgan fingerprint density at radius 3 is 2.42 bits per heavy atom. The maximum absolute atomic E-state index is 13.8. The molecule has 3 rings (SSSR count). The maximum Gasteiger partial charge on any atom is 0.165 e. The van der Waals surface area contributed by atoms with E-state index in [-0.39, 0.29) is 0 Å². The second-order valence-electron chi connectivity index (χ2n) is 7.37. The molecule has 1 aromatic heterocycles. The molecule has 2 aromatic carbocycles. The number of phenols is 1. The van der Waals surface area contributed by atoms with Crippen LogP contribution in [0.15, 0.2) is 85.6 Å². The van der Waals surface area contributed by atoms with Crippen LogP contribution in [0.25, 0.3) is 11.6 Å². The van der Waals surface area contributed by atoms with Gasteiger partial charge < -0.3 is 15.3 Å². The van der Waals surface area contributed by atoms with Gasteiger partial charge in [-0.25, -0.2) is 4.39 Å². The Labute approximate surface area is 181 Å². The van der Waals surface area contributed by atoms with Gasteiger partial charge in [-0.2, -0.15) is 0 Å². The monoisotopic (exact) mass is 419 g/mol. The van der Waals surface area contributed by atoms with Crippen molar-refractivity contribution in [1.29, 1.82) is 0 Å². The first-order valence-corrected chi connectivity index (χ1v) is 10.1. The Morgan fingerprint density at radius 1 is 1.03 bits per heavy atom. The zero-order chi connectivity index (χ0) is 22.2. The van der Waals surface area contributed by atoms with Crippen molar-refractivity contribution in [1.82, 2.24) is 4.98 Å². The first kappa shape index (κ1) is 22.4. The second kappa shape index (κ2) is 10.7. The maximum atomic E-state index is 13.8. The van der Waals surface area contributed by atoms with Crippen LogP contribution < -0.4 is 0 Å². The van der Waals surface area contributed by atoms with Crippen LogP contribution in [-0.4, -0.2) is 26.4 Å². The fraction of sp³-hybridized carbons (Fsp3) is 0.192. The zero-order valence-electron chi connectivity index (χ0n) is 17.1. The third-order valence-corrected chi connectivity index (χ3v) is 5.24. The highest BCUT2D eigenvalue weighted by Crippen LogP contribution is 2.30. The Balaban J connectivity index is 1.80. The quantitative estimate of drug-likeness (QED) is 0.420. The second-order valence-corrected chi connectivity index (χ2v) is 7.37. The van der Waals surface area contributed by atoms with E-state index in [1.54, 1.807) is 30.5 Å². The highest BCUT2D eigenvalue weighted by atomic mass is 19.1. The predicted molar refractivity (Wildman–Crippen MR) is 121 cm³/mol. The zero-order valence-corrected chi connectivity index (χ0v) is 17.1. The van der Waals surface area contributed by atoms with Crippen LogP contribution in [0, 0.1) is 11.7 Å². The number of rotatable bonds is 9. The summed E-state index contributed by atoms with van der Waals surface area (Å²) >= 11 is 0. The number of allylic oxidation sites excluding steroid dienone is 1. The van der Waals surface area contributed by atoms with Gasteiger partial charge in [-0.3, -0.25) is 4.98 Å². The smallest absolute Gasteiger partial charge is 0.165 e. The number of halogens is 1. The largest absolute Gasteiger partial charge is 0.505 e. The Hall–Kier alpha value is -3.28. The van der Waals surface area contributed by atoms with Gasteiger partial charge in [0.15, 0.2) is 11.6 Å². The molecule has 1 heterocycles. The number of aromatic nitrogens is 1. The molecule has 4 nitrogen and oxygen atoms in total. The molecule has 0 unspecified atom stereocenters. The first-order valence-electron chi connectivity index (χ1n) is 10.1. The summed E-state index contributed by atoms with van der Waals surface area (Å²) in [6.45, 7) is 3.79. The minimum absolute atomic E-state index is 0.351. The number of aliphatic hydroxyl groups is 2. The van der Waals surface area contributed by atoms with Crippen molar-refractivity contribution in [3.63, 3.8) is 0 Å². The van der Waals surface area contributed by atoms with Crippen LogP contribution in [0.5, 0.6) is 5.75 Å². The Morgan fingerprint density at radius 2 is 1.77 bits per heavy atom. The van der Waals surface area contributed by atoms with Gasteiger partial charge in [-0.15, -0.1) is 6.58 Å². The third-order valence-electron chi connectivity index (χ3n) is 5.24. The molecule has 0 aliphatic rings. The fourth-order valence-corrected chi connectivity index (χ4v) is 3.51. The summed E-state index contributed by atoms with van der Waals surface area (Å²) in [5.41, 5.74) is 2.81. The van der Waals surface area contributed by atoms with E-state index in [1.165, 1.54) is 12.1 Å². The molecule has 0 fully saturated rings. The molecule has 5 heteroatoms. The van der Waals surface area contributed by atoms with Gasteiger partial charge >= 0.3 is 0 Å². The van der Waals surface area contributed by atoms with Gasteiger partial charge in [-0.1, -0.05) is 48.5 Å². The molecule has 31 heavy (non-hydrogen) atoms. The molecule has 3 atom stereocenters. The lowest BCUT2D eigenvalue weighted by Gasteiger charge is -2.25. The number of nitrogens with zero attached hydrogens (tertiary/aromatic N) is 1. The SMILES string of the molecule is C=C[C@H]([C@H](O)CC/C(=C/c1ccc(O)c(F)c1)c1ccccn1)[C@H](O)c1ccccc1. The number of phenolic OH excluding ortho intramolecular Hbond substituents is 1. The van der Waals surface area contributed by atoms with Crippen molar-refractivity contribution < 1.29 is 19.7 Å². The highest BCUT2D eigenvalue weighted by Gasteiger charge is 2.25. The van der Waals surface area contributed by atoms with Crippen LogP contribution in [0.2, 0.25) is 0 Å². The van der Waals surface area contributed by atoms with Gasteiger partial charge in [0.2, 0.25) is 0 Å². The van der Waals surface area contributed by atoms with Gasteiger partial charge in [-0.05, 0) is 59.9 Å². The number of hydrogen-bond donors (Lipinski definition) is 3. The van der Waals surface area contributed by atoms with Gasteiger partial charge in [0, 0.05) is 12.1 Å². The lowest BCUT2D eigenvalue weighted by Crippen LogP contribution is -2.25. The highest BCUT2D eigenvalue weighted by molar-refractivity contribution is 5.80. The number of hydrogen-bond acceptors (Lipinski definition) is 4. The van der Waals surface area contributed by atoms with Crippen molar-refractivity contribution in [3.8, 4) is 5.75 Å². The van der Waals surface area contributed by atoms with Crippen molar-refractivity contribution in [2.45, 2.75) is 25.0 Å². The summed E-state index contributed by atoms with van der Waals surface area (Å²) in [6.07, 6.45) is 4.12. The summed E-state index contributed by atoms with van der Waals surface area (Å²) in [6, 6.07) is 18.8. The van der Waals surface area contributed by atoms with E-state index >= 15 is 0 Å². The Bertz CT molecular complexity index is 1020. The number of aliphatic hydroxyl groups excluding tert-OH is 2. The lowest BCUT2D eigenvalue weighted by molar-refractivity contribution is 0.0325. The lowest BCUT2D eigenvalue weighted by atomic mass is 9.87. The van der Waals surface area contributed by atoms with Crippen molar-refractivity contribution in [3.05, 3.63) is 108 Å². The van der Waals surface area contributed by atoms with E-state index in [0.717, 1.165) is 5.57 Å². The van der Waals surface area contributed by atoms with E-state index in [1.807, 2.05) is 42.5 Å². The van der Waals surface area contributed by atoms with E-state index in [9.17, 15) is 19.7 Å². The topological polar surface area (TPSA) is 73.6 Å². The molecule has 0 aliphatic carbocycles. The molecule has 0 saturated heterocycles. The predicted octanol–water partition coefficient (Wildman–Crippen LogP) is 5.14. The summed E-state index contributed by atoms with van der Waals surface area (Å²) in [4.78, 5) is 4.38. The molecule has 3 aromatic rings. The number of aromatic hydroxyl groups is 1. The molecule has 0 spiro atoms. The van der Waals surface area contributed by atoms with E-state index < -0.39 is 29.7 Å². The minimum atomic E-state index is -0.873. The number of benzene rings is 2. The van der Waals surface area contributed by atoms with E-state index in [2.05, 4.69) is 11.6 Å². The van der Waals surface area contributed by atoms with Crippen molar-refractivity contribution in [2.24, 2.45) is 5.92 Å². The van der Waals surface area contributed by atoms with Crippen LogP contribution in [0.3, 0.4) is 0 Å². The molecule has 0 bridgehead atoms. The summed E-state index contributed by atoms with van der Waals surface area (Å²) in [7, 11) is 0. The Kier molecular flexibility index (Phi) is 7.70. The molecular weight excluding hydrogens is 393 g/mol. The average molecular weight is 419 g/mol. The fourth-order valence-electron chi connectivity index (χ4n) is 3.51. The summed E-state index contributed by atoms with van der Waals surface area (Å²) in [5, 5.41) is 30.9. The minimum Gasteiger partial charge on any atom is -0.505 e. The normalized spacial score (nSPS) is 14.6. The van der Waals surface area contributed by atoms with Gasteiger partial charge in [0.05, 0.1) is 17.9 Å². The van der Waals surface area contributed by atoms with Crippen molar-refractivity contribution in [2.75, 3.05) is 0 Å². The first-order chi connectivity index (χ1) is 15.0. The molecule has 160 valence electrons. The molecular formula is C26H26FNO3. The molecule has 0 radical (unpaired) electrons. The van der Waals surface area contributed by atoms with Crippen LogP contribution in [-0.2, 0) is 0 Å². The summed E-state index contributed by atoms with van der Waals surface area (Å²) < 4.78 is 13.8. The molecule has 0 aliphatic heterocycles. The van der Waals surface area contributed by atoms with Crippen molar-refractivity contribution >= 4 is 11.6 Å². The van der Waals surface area contributed by atoms with Gasteiger partial charge in [0.1, 0.15) is 0 Å². The van der Waals surface area contributed by atoms with Crippen LogP contribution in [0.4, 0.5) is 4.39 Å². The van der Waals surface area contributed by atoms with E-state index in [4.69, 9.17) is 0 Å². The number of pyridine rings is 1. The standard InChI is InChI=1S/C26H26FNO3/c1-2-21(26(31)19-8-4-3-5-9-19)24(29)14-12-20(23-10-6-7-15-28-23)16-18-11-13-25(30)22(27)17-18/h2-11,13,15-17,21,24,26,29-31H,1,12,14H2/b20-16-/t21-,24-,26-/m1/s1. The molecule has 3 N–H and O–H groups in total. The third kappa shape index (κ3) is 5.87. The molecule has 0 saturated carbocycles. The molecule has 0 amide bonds. The average Bonchev–Trinajstić information content (AvgIpc) is 2.80. The van der Waals surface area contributed by atoms with Gasteiger partial charge in [0.25, 0.3) is 0 Å². The van der Waals surface area contributed by atoms with Crippen LogP contribution in [0.1, 0.15) is 35.8 Å². The van der Waals surface area contributed by atoms with Crippen LogP contribution >= 0.6 is 0 Å². The van der Waals surface area contributed by atoms with E-state index in [0.29, 0.717) is 29.7 Å².